The average Bonchev–Trinajstić information content (AvgIpc) is 2.93. The third-order valence-electron chi connectivity index (χ3n) is 3.56. The molecule has 1 rings (SSSR count). The summed E-state index contributed by atoms with van der Waals surface area (Å²) in [5, 5.41) is 8.96. The molecule has 1 atom stereocenters. The Kier molecular flexibility index (Phi) is 7.37. The van der Waals surface area contributed by atoms with Gasteiger partial charge in [-0.3, -0.25) is 0 Å². The van der Waals surface area contributed by atoms with E-state index in [0.29, 0.717) is 5.69 Å². The van der Waals surface area contributed by atoms with E-state index in [0.717, 1.165) is 32.5 Å². The Labute approximate surface area is 127 Å². The van der Waals surface area contributed by atoms with Crippen LogP contribution in [0.3, 0.4) is 0 Å². The predicted octanol–water partition coefficient (Wildman–Crippen LogP) is 1.30. The first-order valence-corrected chi connectivity index (χ1v) is 8.94. The minimum atomic E-state index is -3.52. The summed E-state index contributed by atoms with van der Waals surface area (Å²) in [4.78, 5) is 5.22. The van der Waals surface area contributed by atoms with E-state index in [1.54, 1.807) is 0 Å². The summed E-state index contributed by atoms with van der Waals surface area (Å²) in [5.74, 6) is 0. The minimum absolute atomic E-state index is 0.113. The summed E-state index contributed by atoms with van der Waals surface area (Å²) in [6.07, 6.45) is 3.16. The van der Waals surface area contributed by atoms with Gasteiger partial charge in [0.2, 0.25) is 10.0 Å². The first kappa shape index (κ1) is 18.2. The van der Waals surface area contributed by atoms with Crippen LogP contribution >= 0.6 is 0 Å². The summed E-state index contributed by atoms with van der Waals surface area (Å²) >= 11 is 0. The second-order valence-electron chi connectivity index (χ2n) is 5.21. The first-order chi connectivity index (χ1) is 9.92. The molecular formula is C14H27N3O3S. The number of H-pyrrole nitrogens is 1. The average molecular weight is 317 g/mol. The second kappa shape index (κ2) is 8.53. The maximum absolute atomic E-state index is 12.2. The summed E-state index contributed by atoms with van der Waals surface area (Å²) in [7, 11) is -3.52. The summed E-state index contributed by atoms with van der Waals surface area (Å²) in [6.45, 7) is 8.95. The van der Waals surface area contributed by atoms with Crippen LogP contribution in [0.25, 0.3) is 0 Å². The largest absolute Gasteiger partial charge is 0.390 e. The highest BCUT2D eigenvalue weighted by Crippen LogP contribution is 2.12. The zero-order valence-corrected chi connectivity index (χ0v) is 13.9. The van der Waals surface area contributed by atoms with Crippen LogP contribution in [0.5, 0.6) is 0 Å². The second-order valence-corrected chi connectivity index (χ2v) is 6.92. The number of nitrogens with one attached hydrogen (secondary N) is 2. The molecule has 21 heavy (non-hydrogen) atoms. The lowest BCUT2D eigenvalue weighted by atomic mass is 10.2. The van der Waals surface area contributed by atoms with Crippen LogP contribution in [0, 0.1) is 0 Å². The summed E-state index contributed by atoms with van der Waals surface area (Å²) < 4.78 is 27.0. The van der Waals surface area contributed by atoms with E-state index < -0.39 is 10.0 Å². The van der Waals surface area contributed by atoms with E-state index in [1.807, 2.05) is 6.92 Å². The fourth-order valence-corrected chi connectivity index (χ4v) is 3.51. The normalized spacial score (nSPS) is 13.8. The number of aromatic amines is 1. The lowest BCUT2D eigenvalue weighted by molar-refractivity contribution is 0.277. The topological polar surface area (TPSA) is 85.4 Å². The van der Waals surface area contributed by atoms with Crippen molar-refractivity contribution in [1.82, 2.24) is 14.6 Å². The van der Waals surface area contributed by atoms with Crippen molar-refractivity contribution in [2.45, 2.75) is 51.2 Å². The van der Waals surface area contributed by atoms with Crippen LogP contribution in [0.4, 0.5) is 0 Å². The van der Waals surface area contributed by atoms with Gasteiger partial charge in [-0.2, -0.15) is 0 Å². The Morgan fingerprint density at radius 1 is 1.38 bits per heavy atom. The van der Waals surface area contributed by atoms with Crippen molar-refractivity contribution in [2.75, 3.05) is 19.6 Å². The third kappa shape index (κ3) is 5.78. The Morgan fingerprint density at radius 2 is 2.05 bits per heavy atom. The SMILES string of the molecule is CCN(CC)CCCC(C)NS(=O)(=O)c1c[nH]c(CO)c1. The van der Waals surface area contributed by atoms with E-state index in [9.17, 15) is 8.42 Å². The third-order valence-corrected chi connectivity index (χ3v) is 5.13. The molecule has 6 nitrogen and oxygen atoms in total. The van der Waals surface area contributed by atoms with E-state index in [4.69, 9.17) is 5.11 Å². The van der Waals surface area contributed by atoms with Crippen molar-refractivity contribution in [3.63, 3.8) is 0 Å². The number of hydrogen-bond donors (Lipinski definition) is 3. The molecule has 3 N–H and O–H groups in total. The van der Waals surface area contributed by atoms with Gasteiger partial charge in [0.05, 0.1) is 11.5 Å². The molecule has 1 aromatic heterocycles. The molecule has 0 aliphatic heterocycles. The summed E-state index contributed by atoms with van der Waals surface area (Å²) in [6, 6.07) is 1.34. The molecule has 0 amide bonds. The molecule has 0 radical (unpaired) electrons. The smallest absolute Gasteiger partial charge is 0.242 e. The zero-order chi connectivity index (χ0) is 15.9. The Morgan fingerprint density at radius 3 is 2.57 bits per heavy atom. The Bertz CT molecular complexity index is 509. The highest BCUT2D eigenvalue weighted by Gasteiger charge is 2.18. The van der Waals surface area contributed by atoms with Gasteiger partial charge in [-0.1, -0.05) is 13.8 Å². The van der Waals surface area contributed by atoms with Gasteiger partial charge < -0.3 is 15.0 Å². The number of aromatic nitrogens is 1. The van der Waals surface area contributed by atoms with E-state index in [-0.39, 0.29) is 17.5 Å². The van der Waals surface area contributed by atoms with Gasteiger partial charge in [-0.15, -0.1) is 0 Å². The fraction of sp³-hybridized carbons (Fsp3) is 0.714. The zero-order valence-electron chi connectivity index (χ0n) is 13.1. The molecule has 0 aliphatic rings. The number of aliphatic hydroxyl groups excluding tert-OH is 1. The molecule has 7 heteroatoms. The molecule has 0 saturated carbocycles. The maximum atomic E-state index is 12.2. The van der Waals surface area contributed by atoms with Gasteiger partial charge in [0.15, 0.2) is 0 Å². The number of aliphatic hydroxyl groups is 1. The number of nitrogens with zero attached hydrogens (tertiary/aromatic N) is 1. The van der Waals surface area contributed by atoms with Crippen molar-refractivity contribution in [3.8, 4) is 0 Å². The van der Waals surface area contributed by atoms with Gasteiger partial charge in [-0.05, 0) is 45.5 Å². The highest BCUT2D eigenvalue weighted by molar-refractivity contribution is 7.89. The van der Waals surface area contributed by atoms with Crippen molar-refractivity contribution in [1.29, 1.82) is 0 Å². The Balaban J connectivity index is 2.47. The molecule has 1 aromatic rings. The van der Waals surface area contributed by atoms with E-state index in [1.165, 1.54) is 12.3 Å². The molecule has 122 valence electrons. The number of hydrogen-bond acceptors (Lipinski definition) is 4. The van der Waals surface area contributed by atoms with Crippen LogP contribution in [0.1, 0.15) is 39.3 Å². The lowest BCUT2D eigenvalue weighted by Crippen LogP contribution is -2.33. The molecule has 0 bridgehead atoms. The molecule has 0 saturated heterocycles. The molecule has 0 fully saturated rings. The van der Waals surface area contributed by atoms with Gasteiger partial charge in [0.25, 0.3) is 0 Å². The fourth-order valence-electron chi connectivity index (χ4n) is 2.22. The molecular weight excluding hydrogens is 290 g/mol. The van der Waals surface area contributed by atoms with Gasteiger partial charge in [-0.25, -0.2) is 13.1 Å². The van der Waals surface area contributed by atoms with E-state index >= 15 is 0 Å². The number of rotatable bonds is 10. The predicted molar refractivity (Wildman–Crippen MR) is 83.5 cm³/mol. The van der Waals surface area contributed by atoms with Crippen molar-refractivity contribution >= 4 is 10.0 Å². The molecule has 1 unspecified atom stereocenters. The maximum Gasteiger partial charge on any atom is 0.242 e. The van der Waals surface area contributed by atoms with Crippen LogP contribution in [-0.2, 0) is 16.6 Å². The van der Waals surface area contributed by atoms with Crippen LogP contribution in [0.2, 0.25) is 0 Å². The van der Waals surface area contributed by atoms with Crippen molar-refractivity contribution in [2.24, 2.45) is 0 Å². The van der Waals surface area contributed by atoms with Crippen LogP contribution in [0.15, 0.2) is 17.2 Å². The standard InChI is InChI=1S/C14H27N3O3S/c1-4-17(5-2)8-6-7-12(3)16-21(19,20)14-9-13(11-18)15-10-14/h9-10,12,15-16,18H,4-8,11H2,1-3H3. The molecule has 0 aliphatic carbocycles. The molecule has 0 spiro atoms. The molecule has 0 aromatic carbocycles. The van der Waals surface area contributed by atoms with Crippen molar-refractivity contribution in [3.05, 3.63) is 18.0 Å². The Hall–Kier alpha value is -0.890. The van der Waals surface area contributed by atoms with Gasteiger partial charge in [0.1, 0.15) is 0 Å². The lowest BCUT2D eigenvalue weighted by Gasteiger charge is -2.19. The first-order valence-electron chi connectivity index (χ1n) is 7.45. The number of sulfonamides is 1. The van der Waals surface area contributed by atoms with Crippen molar-refractivity contribution < 1.29 is 13.5 Å². The highest BCUT2D eigenvalue weighted by atomic mass is 32.2. The monoisotopic (exact) mass is 317 g/mol. The van der Waals surface area contributed by atoms with Crippen LogP contribution in [-0.4, -0.2) is 49.1 Å². The van der Waals surface area contributed by atoms with Gasteiger partial charge >= 0.3 is 0 Å². The van der Waals surface area contributed by atoms with Gasteiger partial charge in [0, 0.05) is 17.9 Å². The molecule has 1 heterocycles. The van der Waals surface area contributed by atoms with E-state index in [2.05, 4.69) is 28.5 Å². The quantitative estimate of drug-likeness (QED) is 0.607. The summed E-state index contributed by atoms with van der Waals surface area (Å²) in [5.41, 5.74) is 0.490. The minimum Gasteiger partial charge on any atom is -0.390 e. The van der Waals surface area contributed by atoms with Crippen LogP contribution < -0.4 is 4.72 Å².